The van der Waals surface area contributed by atoms with Gasteiger partial charge in [0.1, 0.15) is 0 Å². The molecular weight excluding hydrogens is 213 g/mol. The van der Waals surface area contributed by atoms with E-state index in [-0.39, 0.29) is 18.9 Å². The van der Waals surface area contributed by atoms with Gasteiger partial charge in [-0.05, 0) is 19.1 Å². The molecule has 0 saturated carbocycles. The Kier molecular flexibility index (Phi) is 4.72. The van der Waals surface area contributed by atoms with E-state index in [4.69, 9.17) is 9.84 Å². The number of rotatable bonds is 5. The maximum absolute atomic E-state index is 13.1. The normalized spacial score (nSPS) is 11.9. The molecule has 0 radical (unpaired) electrons. The van der Waals surface area contributed by atoms with E-state index in [1.165, 1.54) is 18.2 Å². The average molecular weight is 227 g/mol. The second-order valence-electron chi connectivity index (χ2n) is 3.37. The smallest absolute Gasteiger partial charge is 0.258 e. The van der Waals surface area contributed by atoms with Crippen molar-refractivity contribution in [3.8, 4) is 5.75 Å². The van der Waals surface area contributed by atoms with Crippen molar-refractivity contribution in [3.05, 3.63) is 30.1 Å². The van der Waals surface area contributed by atoms with Gasteiger partial charge >= 0.3 is 0 Å². The van der Waals surface area contributed by atoms with E-state index < -0.39 is 17.8 Å². The van der Waals surface area contributed by atoms with Crippen LogP contribution in [-0.2, 0) is 4.79 Å². The summed E-state index contributed by atoms with van der Waals surface area (Å²) in [4.78, 5) is 11.2. The first-order valence-corrected chi connectivity index (χ1v) is 4.91. The Bertz CT molecular complexity index is 355. The zero-order valence-corrected chi connectivity index (χ0v) is 8.94. The fourth-order valence-electron chi connectivity index (χ4n) is 1.02. The van der Waals surface area contributed by atoms with Gasteiger partial charge in [0.05, 0.1) is 6.10 Å². The van der Waals surface area contributed by atoms with E-state index >= 15 is 0 Å². The number of hydrogen-bond acceptors (Lipinski definition) is 3. The van der Waals surface area contributed by atoms with Gasteiger partial charge in [-0.15, -0.1) is 0 Å². The van der Waals surface area contributed by atoms with E-state index in [2.05, 4.69) is 5.32 Å². The summed E-state index contributed by atoms with van der Waals surface area (Å²) in [7, 11) is 0. The van der Waals surface area contributed by atoms with E-state index in [1.807, 2.05) is 0 Å². The molecule has 0 spiro atoms. The van der Waals surface area contributed by atoms with Gasteiger partial charge in [0.2, 0.25) is 0 Å². The summed E-state index contributed by atoms with van der Waals surface area (Å²) >= 11 is 0. The standard InChI is InChI=1S/C11H14FNO3/c1-8(14)6-13-11(15)7-16-10-5-3-2-4-9(10)12/h2-5,8,14H,6-7H2,1H3,(H,13,15)/t8-/m1/s1. The van der Waals surface area contributed by atoms with Gasteiger partial charge in [0, 0.05) is 6.54 Å². The van der Waals surface area contributed by atoms with Crippen LogP contribution in [0.3, 0.4) is 0 Å². The van der Waals surface area contributed by atoms with Gasteiger partial charge in [-0.25, -0.2) is 4.39 Å². The van der Waals surface area contributed by atoms with E-state index in [1.54, 1.807) is 13.0 Å². The van der Waals surface area contributed by atoms with Crippen LogP contribution in [0.1, 0.15) is 6.92 Å². The number of aliphatic hydroxyl groups excluding tert-OH is 1. The molecule has 0 bridgehead atoms. The fraction of sp³-hybridized carbons (Fsp3) is 0.364. The fourth-order valence-corrected chi connectivity index (χ4v) is 1.02. The topological polar surface area (TPSA) is 58.6 Å². The number of amides is 1. The van der Waals surface area contributed by atoms with Gasteiger partial charge in [0.15, 0.2) is 18.2 Å². The summed E-state index contributed by atoms with van der Waals surface area (Å²) in [6, 6.07) is 5.85. The Labute approximate surface area is 93.0 Å². The summed E-state index contributed by atoms with van der Waals surface area (Å²) in [5.74, 6) is -0.871. The monoisotopic (exact) mass is 227 g/mol. The Balaban J connectivity index is 2.35. The third-order valence-corrected chi connectivity index (χ3v) is 1.79. The zero-order chi connectivity index (χ0) is 12.0. The third kappa shape index (κ3) is 4.27. The Morgan fingerprint density at radius 3 is 2.88 bits per heavy atom. The lowest BCUT2D eigenvalue weighted by Crippen LogP contribution is -2.34. The van der Waals surface area contributed by atoms with Crippen LogP contribution in [0.4, 0.5) is 4.39 Å². The highest BCUT2D eigenvalue weighted by Gasteiger charge is 2.06. The zero-order valence-electron chi connectivity index (χ0n) is 8.94. The summed E-state index contributed by atoms with van der Waals surface area (Å²) < 4.78 is 18.0. The average Bonchev–Trinajstić information content (AvgIpc) is 2.25. The molecule has 0 fully saturated rings. The van der Waals surface area contributed by atoms with Crippen molar-refractivity contribution >= 4 is 5.91 Å². The van der Waals surface area contributed by atoms with Crippen molar-refractivity contribution in [1.82, 2.24) is 5.32 Å². The minimum atomic E-state index is -0.614. The Morgan fingerprint density at radius 2 is 2.25 bits per heavy atom. The molecule has 1 aromatic carbocycles. The van der Waals surface area contributed by atoms with Crippen LogP contribution in [0.2, 0.25) is 0 Å². The van der Waals surface area contributed by atoms with Crippen LogP contribution in [0, 0.1) is 5.82 Å². The molecule has 2 N–H and O–H groups in total. The summed E-state index contributed by atoms with van der Waals surface area (Å²) in [6.07, 6.45) is -0.614. The first-order valence-electron chi connectivity index (χ1n) is 4.91. The molecule has 88 valence electrons. The van der Waals surface area contributed by atoms with Gasteiger partial charge < -0.3 is 15.2 Å². The number of carbonyl (C=O) groups is 1. The van der Waals surface area contributed by atoms with Crippen LogP contribution in [-0.4, -0.2) is 30.3 Å². The van der Waals surface area contributed by atoms with Crippen LogP contribution in [0.25, 0.3) is 0 Å². The lowest BCUT2D eigenvalue weighted by molar-refractivity contribution is -0.123. The summed E-state index contributed by atoms with van der Waals surface area (Å²) in [5, 5.41) is 11.4. The van der Waals surface area contributed by atoms with Crippen LogP contribution in [0.5, 0.6) is 5.75 Å². The number of ether oxygens (including phenoxy) is 1. The van der Waals surface area contributed by atoms with E-state index in [0.717, 1.165) is 0 Å². The highest BCUT2D eigenvalue weighted by Crippen LogP contribution is 2.14. The highest BCUT2D eigenvalue weighted by molar-refractivity contribution is 5.77. The molecule has 0 aliphatic carbocycles. The number of para-hydroxylation sites is 1. The van der Waals surface area contributed by atoms with E-state index in [0.29, 0.717) is 0 Å². The van der Waals surface area contributed by atoms with Gasteiger partial charge in [-0.2, -0.15) is 0 Å². The molecule has 5 heteroatoms. The maximum atomic E-state index is 13.1. The number of halogens is 1. The molecule has 0 aromatic heterocycles. The molecule has 1 atom stereocenters. The van der Waals surface area contributed by atoms with Crippen molar-refractivity contribution in [1.29, 1.82) is 0 Å². The molecule has 1 rings (SSSR count). The van der Waals surface area contributed by atoms with E-state index in [9.17, 15) is 9.18 Å². The molecule has 0 unspecified atom stereocenters. The minimum Gasteiger partial charge on any atom is -0.481 e. The largest absolute Gasteiger partial charge is 0.481 e. The molecule has 16 heavy (non-hydrogen) atoms. The molecule has 0 aliphatic rings. The lowest BCUT2D eigenvalue weighted by Gasteiger charge is -2.08. The van der Waals surface area contributed by atoms with Crippen LogP contribution >= 0.6 is 0 Å². The quantitative estimate of drug-likeness (QED) is 0.778. The van der Waals surface area contributed by atoms with Crippen molar-refractivity contribution in [2.75, 3.05) is 13.2 Å². The maximum Gasteiger partial charge on any atom is 0.258 e. The second-order valence-corrected chi connectivity index (χ2v) is 3.37. The lowest BCUT2D eigenvalue weighted by atomic mass is 10.3. The minimum absolute atomic E-state index is 0.0368. The number of hydrogen-bond donors (Lipinski definition) is 2. The SMILES string of the molecule is C[C@@H](O)CNC(=O)COc1ccccc1F. The van der Waals surface area contributed by atoms with Gasteiger partial charge in [0.25, 0.3) is 5.91 Å². The van der Waals surface area contributed by atoms with Crippen molar-refractivity contribution in [2.45, 2.75) is 13.0 Å². The summed E-state index contributed by atoms with van der Waals surface area (Å²) in [5.41, 5.74) is 0. The molecule has 0 aliphatic heterocycles. The van der Waals surface area contributed by atoms with Crippen molar-refractivity contribution in [2.24, 2.45) is 0 Å². The second kappa shape index (κ2) is 6.07. The van der Waals surface area contributed by atoms with Crippen LogP contribution in [0.15, 0.2) is 24.3 Å². The third-order valence-electron chi connectivity index (χ3n) is 1.79. The number of carbonyl (C=O) groups excluding carboxylic acids is 1. The number of aliphatic hydroxyl groups is 1. The molecule has 1 aromatic rings. The van der Waals surface area contributed by atoms with Gasteiger partial charge in [-0.3, -0.25) is 4.79 Å². The van der Waals surface area contributed by atoms with Crippen molar-refractivity contribution < 1.29 is 19.0 Å². The Morgan fingerprint density at radius 1 is 1.56 bits per heavy atom. The molecule has 1 amide bonds. The number of nitrogens with one attached hydrogen (secondary N) is 1. The molecule has 0 heterocycles. The Hall–Kier alpha value is -1.62. The summed E-state index contributed by atoms with van der Waals surface area (Å²) in [6.45, 7) is 1.44. The predicted molar refractivity (Wildman–Crippen MR) is 56.6 cm³/mol. The molecular formula is C11H14FNO3. The molecule has 4 nitrogen and oxygen atoms in total. The predicted octanol–water partition coefficient (Wildman–Crippen LogP) is 0.701. The first kappa shape index (κ1) is 12.4. The van der Waals surface area contributed by atoms with Gasteiger partial charge in [-0.1, -0.05) is 12.1 Å². The molecule has 0 saturated heterocycles. The van der Waals surface area contributed by atoms with Crippen molar-refractivity contribution in [3.63, 3.8) is 0 Å². The van der Waals surface area contributed by atoms with Crippen LogP contribution < -0.4 is 10.1 Å². The highest BCUT2D eigenvalue weighted by atomic mass is 19.1. The first-order chi connectivity index (χ1) is 7.59. The number of benzene rings is 1.